The molecule has 1 heterocycles. The van der Waals surface area contributed by atoms with Crippen molar-refractivity contribution in [3.05, 3.63) is 111 Å². The van der Waals surface area contributed by atoms with E-state index in [9.17, 15) is 9.90 Å². The SMILES string of the molecule is CCOC(=O)C1=C(O)[C@@H](Sc2ccccc2)[C@H](c2ccc(Cl)cc2)N[C@H]1c1ccc(Cl)cc1. The fourth-order valence-corrected chi connectivity index (χ4v) is 5.34. The lowest BCUT2D eigenvalue weighted by atomic mass is 9.88. The normalized spacial score (nSPS) is 20.5. The summed E-state index contributed by atoms with van der Waals surface area (Å²) in [5, 5.41) is 15.9. The van der Waals surface area contributed by atoms with Crippen LogP contribution in [0.15, 0.2) is 95.1 Å². The molecule has 3 aromatic rings. The molecule has 0 saturated heterocycles. The van der Waals surface area contributed by atoms with E-state index in [1.807, 2.05) is 66.7 Å². The summed E-state index contributed by atoms with van der Waals surface area (Å²) >= 11 is 13.7. The van der Waals surface area contributed by atoms with Crippen LogP contribution in [-0.4, -0.2) is 22.9 Å². The number of hydrogen-bond acceptors (Lipinski definition) is 5. The van der Waals surface area contributed by atoms with Crippen LogP contribution in [0.2, 0.25) is 10.0 Å². The molecule has 33 heavy (non-hydrogen) atoms. The van der Waals surface area contributed by atoms with Gasteiger partial charge in [0.25, 0.3) is 0 Å². The number of carbonyl (C=O) groups excluding carboxylic acids is 1. The zero-order valence-corrected chi connectivity index (χ0v) is 20.2. The van der Waals surface area contributed by atoms with Crippen molar-refractivity contribution in [1.82, 2.24) is 5.32 Å². The zero-order chi connectivity index (χ0) is 23.4. The Hall–Kier alpha value is -2.44. The van der Waals surface area contributed by atoms with Gasteiger partial charge in [0.05, 0.1) is 29.5 Å². The molecule has 3 atom stereocenters. The lowest BCUT2D eigenvalue weighted by Crippen LogP contribution is -2.43. The first kappa shape index (κ1) is 23.7. The maximum atomic E-state index is 13.0. The average Bonchev–Trinajstić information content (AvgIpc) is 2.82. The molecular weight excluding hydrogens is 477 g/mol. The Balaban J connectivity index is 1.85. The highest BCUT2D eigenvalue weighted by Gasteiger charge is 2.42. The Kier molecular flexibility index (Phi) is 7.66. The number of nitrogens with one attached hydrogen (secondary N) is 1. The van der Waals surface area contributed by atoms with Crippen LogP contribution in [0, 0.1) is 0 Å². The minimum absolute atomic E-state index is 0.000882. The molecule has 170 valence electrons. The van der Waals surface area contributed by atoms with Gasteiger partial charge in [-0.15, -0.1) is 11.8 Å². The lowest BCUT2D eigenvalue weighted by molar-refractivity contribution is -0.139. The lowest BCUT2D eigenvalue weighted by Gasteiger charge is -2.38. The molecule has 0 spiro atoms. The molecule has 2 N–H and O–H groups in total. The topological polar surface area (TPSA) is 58.6 Å². The highest BCUT2D eigenvalue weighted by atomic mass is 35.5. The molecule has 0 unspecified atom stereocenters. The Bertz CT molecular complexity index is 1130. The van der Waals surface area contributed by atoms with Crippen LogP contribution < -0.4 is 5.32 Å². The fourth-order valence-electron chi connectivity index (χ4n) is 3.87. The number of halogens is 2. The third-order valence-electron chi connectivity index (χ3n) is 5.42. The molecule has 0 aliphatic carbocycles. The number of benzene rings is 3. The predicted octanol–water partition coefficient (Wildman–Crippen LogP) is 6.92. The van der Waals surface area contributed by atoms with Crippen molar-refractivity contribution in [1.29, 1.82) is 0 Å². The number of hydrogen-bond donors (Lipinski definition) is 2. The second-order valence-electron chi connectivity index (χ2n) is 7.55. The summed E-state index contributed by atoms with van der Waals surface area (Å²) in [6, 6.07) is 23.6. The van der Waals surface area contributed by atoms with Gasteiger partial charge in [0.2, 0.25) is 0 Å². The smallest absolute Gasteiger partial charge is 0.339 e. The largest absolute Gasteiger partial charge is 0.510 e. The molecule has 1 aliphatic rings. The van der Waals surface area contributed by atoms with E-state index in [4.69, 9.17) is 27.9 Å². The zero-order valence-electron chi connectivity index (χ0n) is 17.9. The van der Waals surface area contributed by atoms with E-state index < -0.39 is 17.3 Å². The summed E-state index contributed by atoms with van der Waals surface area (Å²) in [6.07, 6.45) is 0. The van der Waals surface area contributed by atoms with E-state index in [1.54, 1.807) is 19.1 Å². The maximum Gasteiger partial charge on any atom is 0.339 e. The summed E-state index contributed by atoms with van der Waals surface area (Å²) < 4.78 is 5.33. The maximum absolute atomic E-state index is 13.0. The average molecular weight is 500 g/mol. The molecule has 4 rings (SSSR count). The number of carbonyl (C=O) groups is 1. The Labute approximate surface area is 207 Å². The van der Waals surface area contributed by atoms with Crippen molar-refractivity contribution in [2.24, 2.45) is 0 Å². The summed E-state index contributed by atoms with van der Waals surface area (Å²) in [4.78, 5) is 14.0. The van der Waals surface area contributed by atoms with E-state index in [0.29, 0.717) is 10.0 Å². The van der Waals surface area contributed by atoms with Crippen LogP contribution in [0.1, 0.15) is 30.1 Å². The molecule has 4 nitrogen and oxygen atoms in total. The highest BCUT2D eigenvalue weighted by Crippen LogP contribution is 2.44. The van der Waals surface area contributed by atoms with E-state index in [1.165, 1.54) is 11.8 Å². The number of aliphatic hydroxyl groups excluding tert-OH is 1. The molecular formula is C26H23Cl2NO3S. The van der Waals surface area contributed by atoms with Gasteiger partial charge in [-0.1, -0.05) is 65.7 Å². The standard InChI is InChI=1S/C26H23Cl2NO3S/c1-2-32-26(31)21-22(16-8-12-18(27)13-9-16)29-23(17-10-14-19(28)15-11-17)25(24(21)30)33-20-6-4-3-5-7-20/h3-15,22-23,25,29-30H,2H2,1H3/t22-,23-,25-/m0/s1. The first-order chi connectivity index (χ1) is 16.0. The van der Waals surface area contributed by atoms with Crippen molar-refractivity contribution in [2.75, 3.05) is 6.61 Å². The quantitative estimate of drug-likeness (QED) is 0.360. The van der Waals surface area contributed by atoms with Gasteiger partial charge in [0.1, 0.15) is 5.76 Å². The Morgan fingerprint density at radius 2 is 1.52 bits per heavy atom. The number of thioether (sulfide) groups is 1. The van der Waals surface area contributed by atoms with Gasteiger partial charge in [-0.05, 0) is 54.4 Å². The summed E-state index contributed by atoms with van der Waals surface area (Å²) in [7, 11) is 0. The minimum atomic E-state index is -0.574. The number of ether oxygens (including phenoxy) is 1. The van der Waals surface area contributed by atoms with Crippen LogP contribution in [0.3, 0.4) is 0 Å². The summed E-state index contributed by atoms with van der Waals surface area (Å²) in [5.41, 5.74) is 1.95. The Morgan fingerprint density at radius 1 is 0.939 bits per heavy atom. The first-order valence-corrected chi connectivity index (χ1v) is 12.2. The van der Waals surface area contributed by atoms with Crippen molar-refractivity contribution >= 4 is 40.9 Å². The molecule has 0 radical (unpaired) electrons. The third-order valence-corrected chi connectivity index (χ3v) is 7.21. The molecule has 0 aromatic heterocycles. The minimum Gasteiger partial charge on any atom is -0.510 e. The second-order valence-corrected chi connectivity index (χ2v) is 9.64. The van der Waals surface area contributed by atoms with Crippen LogP contribution in [0.4, 0.5) is 0 Å². The molecule has 7 heteroatoms. The van der Waals surface area contributed by atoms with E-state index in [0.717, 1.165) is 16.0 Å². The molecule has 0 fully saturated rings. The van der Waals surface area contributed by atoms with Gasteiger partial charge in [0, 0.05) is 14.9 Å². The third kappa shape index (κ3) is 5.39. The van der Waals surface area contributed by atoms with E-state index in [2.05, 4.69) is 5.32 Å². The van der Waals surface area contributed by atoms with Crippen molar-refractivity contribution < 1.29 is 14.6 Å². The summed E-state index contributed by atoms with van der Waals surface area (Å²) in [6.45, 7) is 1.95. The van der Waals surface area contributed by atoms with Crippen molar-refractivity contribution in [3.8, 4) is 0 Å². The first-order valence-electron chi connectivity index (χ1n) is 10.6. The Morgan fingerprint density at radius 3 is 2.09 bits per heavy atom. The van der Waals surface area contributed by atoms with Gasteiger partial charge < -0.3 is 9.84 Å². The molecule has 0 amide bonds. The predicted molar refractivity (Wildman–Crippen MR) is 134 cm³/mol. The van der Waals surface area contributed by atoms with E-state index >= 15 is 0 Å². The van der Waals surface area contributed by atoms with Crippen molar-refractivity contribution in [2.45, 2.75) is 29.2 Å². The number of rotatable bonds is 6. The second kappa shape index (κ2) is 10.7. The molecule has 3 aromatic carbocycles. The molecule has 0 bridgehead atoms. The van der Waals surface area contributed by atoms with Gasteiger partial charge in [-0.3, -0.25) is 5.32 Å². The number of aliphatic hydroxyl groups is 1. The van der Waals surface area contributed by atoms with Crippen LogP contribution >= 0.6 is 35.0 Å². The van der Waals surface area contributed by atoms with Crippen LogP contribution in [0.25, 0.3) is 0 Å². The van der Waals surface area contributed by atoms with Gasteiger partial charge in [-0.2, -0.15) is 0 Å². The number of esters is 1. The van der Waals surface area contributed by atoms with Crippen LogP contribution in [-0.2, 0) is 9.53 Å². The van der Waals surface area contributed by atoms with E-state index in [-0.39, 0.29) is 24.0 Å². The van der Waals surface area contributed by atoms with Crippen LogP contribution in [0.5, 0.6) is 0 Å². The molecule has 0 saturated carbocycles. The van der Waals surface area contributed by atoms with Gasteiger partial charge in [-0.25, -0.2) is 4.79 Å². The van der Waals surface area contributed by atoms with Gasteiger partial charge >= 0.3 is 5.97 Å². The highest BCUT2D eigenvalue weighted by molar-refractivity contribution is 8.00. The fraction of sp³-hybridized carbons (Fsp3) is 0.192. The summed E-state index contributed by atoms with van der Waals surface area (Å²) in [5.74, 6) is -0.545. The van der Waals surface area contributed by atoms with Crippen molar-refractivity contribution in [3.63, 3.8) is 0 Å². The molecule has 1 aliphatic heterocycles. The van der Waals surface area contributed by atoms with Gasteiger partial charge in [0.15, 0.2) is 0 Å². The monoisotopic (exact) mass is 499 g/mol.